The Morgan fingerprint density at radius 3 is 2.53 bits per heavy atom. The summed E-state index contributed by atoms with van der Waals surface area (Å²) in [4.78, 5) is 2.52. The van der Waals surface area contributed by atoms with E-state index in [9.17, 15) is 0 Å². The Kier molecular flexibility index (Phi) is 4.00. The molecule has 1 unspecified atom stereocenters. The molecule has 0 radical (unpaired) electrons. The molecule has 0 saturated heterocycles. The number of hydrogen-bond acceptors (Lipinski definition) is 2. The van der Waals surface area contributed by atoms with Crippen LogP contribution in [0, 0.1) is 5.41 Å². The fourth-order valence-electron chi connectivity index (χ4n) is 2.75. The molecular formula is C17H26N2. The number of anilines is 1. The van der Waals surface area contributed by atoms with E-state index in [2.05, 4.69) is 50.8 Å². The van der Waals surface area contributed by atoms with Crippen molar-refractivity contribution in [2.45, 2.75) is 40.2 Å². The molecule has 2 rings (SSSR count). The van der Waals surface area contributed by atoms with Crippen LogP contribution in [-0.2, 0) is 0 Å². The number of hydrogen-bond donors (Lipinski definition) is 1. The van der Waals surface area contributed by atoms with E-state index < -0.39 is 0 Å². The topological polar surface area (TPSA) is 29.3 Å². The fraction of sp³-hybridized carbons (Fsp3) is 0.529. The van der Waals surface area contributed by atoms with Gasteiger partial charge in [-0.05, 0) is 36.5 Å². The van der Waals surface area contributed by atoms with Crippen LogP contribution in [0.4, 0.5) is 5.69 Å². The van der Waals surface area contributed by atoms with Crippen LogP contribution in [0.3, 0.4) is 0 Å². The lowest BCUT2D eigenvalue weighted by Crippen LogP contribution is -2.33. The number of nitrogens with zero attached hydrogens (tertiary/aromatic N) is 1. The van der Waals surface area contributed by atoms with Gasteiger partial charge >= 0.3 is 0 Å². The molecule has 0 aromatic heterocycles. The number of rotatable bonds is 2. The van der Waals surface area contributed by atoms with Crippen molar-refractivity contribution < 1.29 is 0 Å². The van der Waals surface area contributed by atoms with E-state index in [1.807, 2.05) is 12.1 Å². The lowest BCUT2D eigenvalue weighted by molar-refractivity contribution is 0.218. The second-order valence-electron chi connectivity index (χ2n) is 6.57. The predicted molar refractivity (Wildman–Crippen MR) is 83.0 cm³/mol. The Morgan fingerprint density at radius 2 is 2.00 bits per heavy atom. The molecule has 1 aliphatic heterocycles. The molecule has 0 bridgehead atoms. The molecule has 0 aliphatic carbocycles. The zero-order chi connectivity index (χ0) is 14.0. The maximum absolute atomic E-state index is 5.87. The van der Waals surface area contributed by atoms with E-state index in [1.54, 1.807) is 5.57 Å². The van der Waals surface area contributed by atoms with Crippen molar-refractivity contribution in [2.75, 3.05) is 18.8 Å². The Hall–Kier alpha value is -1.28. The summed E-state index contributed by atoms with van der Waals surface area (Å²) >= 11 is 0. The molecule has 2 heteroatoms. The van der Waals surface area contributed by atoms with Crippen LogP contribution in [0.2, 0.25) is 0 Å². The van der Waals surface area contributed by atoms with E-state index in [1.165, 1.54) is 12.0 Å². The van der Waals surface area contributed by atoms with Gasteiger partial charge in [0.2, 0.25) is 0 Å². The molecular weight excluding hydrogens is 232 g/mol. The second-order valence-corrected chi connectivity index (χ2v) is 6.57. The fourth-order valence-corrected chi connectivity index (χ4v) is 2.75. The monoisotopic (exact) mass is 258 g/mol. The average Bonchev–Trinajstić information content (AvgIpc) is 2.37. The molecule has 0 fully saturated rings. The Bertz CT molecular complexity index is 468. The molecule has 1 aromatic carbocycles. The van der Waals surface area contributed by atoms with Crippen molar-refractivity contribution >= 4 is 5.69 Å². The molecule has 1 aliphatic rings. The number of nitrogen functional groups attached to an aromatic ring is 1. The van der Waals surface area contributed by atoms with Gasteiger partial charge in [-0.25, -0.2) is 0 Å². The third kappa shape index (κ3) is 3.38. The maximum Gasteiger partial charge on any atom is 0.0324 e. The van der Waals surface area contributed by atoms with Crippen LogP contribution in [0.1, 0.15) is 45.7 Å². The van der Waals surface area contributed by atoms with Gasteiger partial charge in [0.05, 0.1) is 0 Å². The van der Waals surface area contributed by atoms with E-state index in [0.29, 0.717) is 11.5 Å². The third-order valence-electron chi connectivity index (χ3n) is 4.14. The van der Waals surface area contributed by atoms with Crippen LogP contribution in [0.5, 0.6) is 0 Å². The molecule has 2 N–H and O–H groups in total. The summed E-state index contributed by atoms with van der Waals surface area (Å²) in [6.07, 6.45) is 3.59. The van der Waals surface area contributed by atoms with Gasteiger partial charge in [0.25, 0.3) is 0 Å². The molecule has 0 saturated carbocycles. The highest BCUT2D eigenvalue weighted by Gasteiger charge is 2.24. The normalized spacial score (nSPS) is 19.1. The SMILES string of the molecule is CC(c1cccc(N)c1)N1CC=C(C(C)(C)C)CC1. The zero-order valence-electron chi connectivity index (χ0n) is 12.6. The van der Waals surface area contributed by atoms with E-state index in [-0.39, 0.29) is 0 Å². The van der Waals surface area contributed by atoms with Gasteiger partial charge in [-0.15, -0.1) is 0 Å². The van der Waals surface area contributed by atoms with Crippen molar-refractivity contribution in [3.63, 3.8) is 0 Å². The molecule has 1 atom stereocenters. The quantitative estimate of drug-likeness (QED) is 0.641. The Labute approximate surface area is 117 Å². The van der Waals surface area contributed by atoms with Crippen LogP contribution < -0.4 is 5.73 Å². The molecule has 1 heterocycles. The van der Waals surface area contributed by atoms with Crippen LogP contribution in [0.25, 0.3) is 0 Å². The highest BCUT2D eigenvalue weighted by Crippen LogP contribution is 2.32. The summed E-state index contributed by atoms with van der Waals surface area (Å²) in [6.45, 7) is 11.4. The first kappa shape index (κ1) is 14.1. The van der Waals surface area contributed by atoms with Crippen molar-refractivity contribution in [1.29, 1.82) is 0 Å². The minimum absolute atomic E-state index is 0.312. The maximum atomic E-state index is 5.87. The molecule has 1 aromatic rings. The van der Waals surface area contributed by atoms with Gasteiger partial charge in [0.15, 0.2) is 0 Å². The molecule has 104 valence electrons. The summed E-state index contributed by atoms with van der Waals surface area (Å²) in [5, 5.41) is 0. The zero-order valence-corrected chi connectivity index (χ0v) is 12.6. The minimum atomic E-state index is 0.312. The summed E-state index contributed by atoms with van der Waals surface area (Å²) in [7, 11) is 0. The molecule has 19 heavy (non-hydrogen) atoms. The average molecular weight is 258 g/mol. The summed E-state index contributed by atoms with van der Waals surface area (Å²) in [5.41, 5.74) is 9.94. The van der Waals surface area contributed by atoms with Gasteiger partial charge in [-0.2, -0.15) is 0 Å². The summed E-state index contributed by atoms with van der Waals surface area (Å²) in [5.74, 6) is 0. The first-order chi connectivity index (χ1) is 8.88. The number of benzene rings is 1. The number of nitrogens with two attached hydrogens (primary N) is 1. The lowest BCUT2D eigenvalue weighted by Gasteiger charge is -2.35. The smallest absolute Gasteiger partial charge is 0.0324 e. The van der Waals surface area contributed by atoms with Crippen LogP contribution in [0.15, 0.2) is 35.9 Å². The third-order valence-corrected chi connectivity index (χ3v) is 4.14. The van der Waals surface area contributed by atoms with Gasteiger partial charge in [0.1, 0.15) is 0 Å². The van der Waals surface area contributed by atoms with Gasteiger partial charge in [0, 0.05) is 24.8 Å². The highest BCUT2D eigenvalue weighted by atomic mass is 15.1. The van der Waals surface area contributed by atoms with Crippen molar-refractivity contribution in [1.82, 2.24) is 4.90 Å². The lowest BCUT2D eigenvalue weighted by atomic mass is 9.82. The van der Waals surface area contributed by atoms with Crippen molar-refractivity contribution in [3.05, 3.63) is 41.5 Å². The summed E-state index contributed by atoms with van der Waals surface area (Å²) < 4.78 is 0. The van der Waals surface area contributed by atoms with Crippen molar-refractivity contribution in [3.8, 4) is 0 Å². The first-order valence-electron chi connectivity index (χ1n) is 7.17. The first-order valence-corrected chi connectivity index (χ1v) is 7.17. The molecule has 0 spiro atoms. The Morgan fingerprint density at radius 1 is 1.26 bits per heavy atom. The van der Waals surface area contributed by atoms with Gasteiger partial charge in [-0.3, -0.25) is 4.90 Å². The molecule has 0 amide bonds. The minimum Gasteiger partial charge on any atom is -0.399 e. The highest BCUT2D eigenvalue weighted by molar-refractivity contribution is 5.41. The molecule has 2 nitrogen and oxygen atoms in total. The van der Waals surface area contributed by atoms with Crippen molar-refractivity contribution in [2.24, 2.45) is 5.41 Å². The predicted octanol–water partition coefficient (Wildman–Crippen LogP) is 4.01. The van der Waals surface area contributed by atoms with E-state index >= 15 is 0 Å². The largest absolute Gasteiger partial charge is 0.399 e. The standard InChI is InChI=1S/C17H26N2/c1-13(14-6-5-7-16(18)12-14)19-10-8-15(9-11-19)17(2,3)4/h5-8,12-13H,9-11,18H2,1-4H3. The van der Waals surface area contributed by atoms with Crippen LogP contribution >= 0.6 is 0 Å². The van der Waals surface area contributed by atoms with Gasteiger partial charge in [-0.1, -0.05) is 44.6 Å². The van der Waals surface area contributed by atoms with Gasteiger partial charge < -0.3 is 5.73 Å². The summed E-state index contributed by atoms with van der Waals surface area (Å²) in [6, 6.07) is 8.68. The Balaban J connectivity index is 2.07. The second kappa shape index (κ2) is 5.38. The van der Waals surface area contributed by atoms with Crippen LogP contribution in [-0.4, -0.2) is 18.0 Å². The van der Waals surface area contributed by atoms with E-state index in [4.69, 9.17) is 5.73 Å². The van der Waals surface area contributed by atoms with E-state index in [0.717, 1.165) is 18.8 Å².